The first-order valence-electron chi connectivity index (χ1n) is 8.61. The zero-order chi connectivity index (χ0) is 16.1. The molecular weight excluding hydrogens is 290 g/mol. The maximum atomic E-state index is 12.0. The van der Waals surface area contributed by atoms with Crippen molar-refractivity contribution in [3.63, 3.8) is 0 Å². The molecule has 0 radical (unpaired) electrons. The Kier molecular flexibility index (Phi) is 5.65. The summed E-state index contributed by atoms with van der Waals surface area (Å²) in [7, 11) is 2.20. The van der Waals surface area contributed by atoms with Crippen molar-refractivity contribution in [2.75, 3.05) is 52.9 Å². The van der Waals surface area contributed by atoms with Crippen molar-refractivity contribution in [3.05, 3.63) is 30.3 Å². The fraction of sp³-hybridized carbons (Fsp3) is 0.611. The Morgan fingerprint density at radius 1 is 1.04 bits per heavy atom. The Morgan fingerprint density at radius 3 is 2.35 bits per heavy atom. The zero-order valence-electron chi connectivity index (χ0n) is 14.0. The van der Waals surface area contributed by atoms with Gasteiger partial charge in [-0.3, -0.25) is 14.6 Å². The number of benzene rings is 1. The average molecular weight is 317 g/mol. The number of piperazine rings is 1. The van der Waals surface area contributed by atoms with Crippen molar-refractivity contribution < 1.29 is 9.53 Å². The molecule has 23 heavy (non-hydrogen) atoms. The topological polar surface area (TPSA) is 36.0 Å². The first-order chi connectivity index (χ1) is 11.2. The number of rotatable bonds is 4. The molecule has 126 valence electrons. The standard InChI is InChI=1S/C18H27N3O2/c1-19-9-7-16(8-10-19)21-13-11-20(12-14-21)15-18(22)23-17-5-3-2-4-6-17/h2-6,16H,7-15H2,1H3. The second-order valence-corrected chi connectivity index (χ2v) is 6.63. The summed E-state index contributed by atoms with van der Waals surface area (Å²) in [6.45, 7) is 6.82. The number of hydrogen-bond acceptors (Lipinski definition) is 5. The number of piperidine rings is 1. The Morgan fingerprint density at radius 2 is 1.70 bits per heavy atom. The van der Waals surface area contributed by atoms with E-state index in [1.807, 2.05) is 30.3 Å². The molecule has 0 saturated carbocycles. The monoisotopic (exact) mass is 317 g/mol. The van der Waals surface area contributed by atoms with E-state index in [4.69, 9.17) is 4.74 Å². The van der Waals surface area contributed by atoms with Gasteiger partial charge in [-0.1, -0.05) is 18.2 Å². The Bertz CT molecular complexity index is 492. The van der Waals surface area contributed by atoms with Crippen LogP contribution < -0.4 is 4.74 Å². The predicted octanol–water partition coefficient (Wildman–Crippen LogP) is 1.30. The van der Waals surface area contributed by atoms with E-state index < -0.39 is 0 Å². The van der Waals surface area contributed by atoms with Gasteiger partial charge in [0.1, 0.15) is 5.75 Å². The number of para-hydroxylation sites is 1. The summed E-state index contributed by atoms with van der Waals surface area (Å²) in [4.78, 5) is 19.2. The number of ether oxygens (including phenoxy) is 1. The van der Waals surface area contributed by atoms with E-state index in [2.05, 4.69) is 21.7 Å². The first-order valence-corrected chi connectivity index (χ1v) is 8.61. The summed E-state index contributed by atoms with van der Waals surface area (Å²) < 4.78 is 5.37. The van der Waals surface area contributed by atoms with E-state index in [1.165, 1.54) is 25.9 Å². The highest BCUT2D eigenvalue weighted by molar-refractivity contribution is 5.74. The van der Waals surface area contributed by atoms with E-state index in [-0.39, 0.29) is 5.97 Å². The molecule has 0 aromatic heterocycles. The van der Waals surface area contributed by atoms with Gasteiger partial charge in [0.05, 0.1) is 6.54 Å². The third kappa shape index (κ3) is 4.77. The average Bonchev–Trinajstić information content (AvgIpc) is 2.57. The summed E-state index contributed by atoms with van der Waals surface area (Å²) in [5.74, 6) is 0.464. The van der Waals surface area contributed by atoms with Crippen LogP contribution in [0.5, 0.6) is 5.75 Å². The minimum Gasteiger partial charge on any atom is -0.426 e. The van der Waals surface area contributed by atoms with Crippen LogP contribution in [0.1, 0.15) is 12.8 Å². The maximum absolute atomic E-state index is 12.0. The van der Waals surface area contributed by atoms with Gasteiger partial charge in [0.2, 0.25) is 0 Å². The molecule has 0 bridgehead atoms. The van der Waals surface area contributed by atoms with Crippen LogP contribution in [0.25, 0.3) is 0 Å². The van der Waals surface area contributed by atoms with E-state index in [0.29, 0.717) is 12.3 Å². The lowest BCUT2D eigenvalue weighted by molar-refractivity contribution is -0.136. The Balaban J connectivity index is 1.40. The predicted molar refractivity (Wildman–Crippen MR) is 90.6 cm³/mol. The van der Waals surface area contributed by atoms with Gasteiger partial charge >= 0.3 is 5.97 Å². The smallest absolute Gasteiger partial charge is 0.325 e. The minimum atomic E-state index is -0.163. The van der Waals surface area contributed by atoms with Gasteiger partial charge in [0.15, 0.2) is 0 Å². The third-order valence-corrected chi connectivity index (χ3v) is 4.94. The Hall–Kier alpha value is -1.43. The van der Waals surface area contributed by atoms with Crippen LogP contribution in [0.3, 0.4) is 0 Å². The maximum Gasteiger partial charge on any atom is 0.325 e. The summed E-state index contributed by atoms with van der Waals surface area (Å²) in [5, 5.41) is 0. The third-order valence-electron chi connectivity index (χ3n) is 4.94. The number of carbonyl (C=O) groups excluding carboxylic acids is 1. The Labute approximate surface area is 138 Å². The van der Waals surface area contributed by atoms with Crippen molar-refractivity contribution in [2.45, 2.75) is 18.9 Å². The van der Waals surface area contributed by atoms with Gasteiger partial charge in [-0.2, -0.15) is 0 Å². The van der Waals surface area contributed by atoms with Crippen molar-refractivity contribution >= 4 is 5.97 Å². The van der Waals surface area contributed by atoms with Crippen molar-refractivity contribution in [1.82, 2.24) is 14.7 Å². The van der Waals surface area contributed by atoms with Crippen molar-refractivity contribution in [1.29, 1.82) is 0 Å². The van der Waals surface area contributed by atoms with Crippen LogP contribution in [0.2, 0.25) is 0 Å². The highest BCUT2D eigenvalue weighted by atomic mass is 16.5. The van der Waals surface area contributed by atoms with E-state index in [0.717, 1.165) is 32.2 Å². The van der Waals surface area contributed by atoms with Crippen LogP contribution in [-0.4, -0.2) is 79.6 Å². The molecule has 0 spiro atoms. The summed E-state index contributed by atoms with van der Waals surface area (Å²) in [5.41, 5.74) is 0. The first kappa shape index (κ1) is 16.4. The molecule has 2 heterocycles. The number of esters is 1. The fourth-order valence-corrected chi connectivity index (χ4v) is 3.48. The second-order valence-electron chi connectivity index (χ2n) is 6.63. The minimum absolute atomic E-state index is 0.163. The molecule has 1 aromatic carbocycles. The van der Waals surface area contributed by atoms with Crippen molar-refractivity contribution in [2.24, 2.45) is 0 Å². The van der Waals surface area contributed by atoms with Crippen LogP contribution in [0, 0.1) is 0 Å². The molecule has 0 unspecified atom stereocenters. The lowest BCUT2D eigenvalue weighted by Crippen LogP contribution is -2.53. The number of hydrogen-bond donors (Lipinski definition) is 0. The van der Waals surface area contributed by atoms with Crippen LogP contribution in [0.4, 0.5) is 0 Å². The number of nitrogens with zero attached hydrogens (tertiary/aromatic N) is 3. The van der Waals surface area contributed by atoms with Gasteiger partial charge in [-0.15, -0.1) is 0 Å². The molecule has 5 heteroatoms. The molecule has 0 N–H and O–H groups in total. The highest BCUT2D eigenvalue weighted by Gasteiger charge is 2.27. The molecule has 0 aliphatic carbocycles. The van der Waals surface area contributed by atoms with Crippen LogP contribution >= 0.6 is 0 Å². The number of carbonyl (C=O) groups is 1. The van der Waals surface area contributed by atoms with E-state index >= 15 is 0 Å². The van der Waals surface area contributed by atoms with Crippen LogP contribution in [0.15, 0.2) is 30.3 Å². The molecule has 2 fully saturated rings. The quantitative estimate of drug-likeness (QED) is 0.618. The molecule has 1 aromatic rings. The second kappa shape index (κ2) is 7.90. The highest BCUT2D eigenvalue weighted by Crippen LogP contribution is 2.17. The van der Waals surface area contributed by atoms with Gasteiger partial charge in [0, 0.05) is 32.2 Å². The van der Waals surface area contributed by atoms with Gasteiger partial charge in [-0.05, 0) is 45.1 Å². The van der Waals surface area contributed by atoms with Crippen molar-refractivity contribution in [3.8, 4) is 5.75 Å². The fourth-order valence-electron chi connectivity index (χ4n) is 3.48. The SMILES string of the molecule is CN1CCC(N2CCN(CC(=O)Oc3ccccc3)CC2)CC1. The molecule has 3 rings (SSSR count). The molecule has 2 aliphatic heterocycles. The summed E-state index contributed by atoms with van der Waals surface area (Å²) >= 11 is 0. The molecule has 2 saturated heterocycles. The van der Waals surface area contributed by atoms with E-state index in [9.17, 15) is 4.79 Å². The lowest BCUT2D eigenvalue weighted by Gasteiger charge is -2.41. The lowest BCUT2D eigenvalue weighted by atomic mass is 10.0. The summed E-state index contributed by atoms with van der Waals surface area (Å²) in [6.07, 6.45) is 2.54. The molecule has 0 amide bonds. The zero-order valence-corrected chi connectivity index (χ0v) is 14.0. The van der Waals surface area contributed by atoms with Gasteiger partial charge < -0.3 is 9.64 Å². The van der Waals surface area contributed by atoms with Gasteiger partial charge in [0.25, 0.3) is 0 Å². The van der Waals surface area contributed by atoms with E-state index in [1.54, 1.807) is 0 Å². The molecular formula is C18H27N3O2. The molecule has 0 atom stereocenters. The number of likely N-dealkylation sites (tertiary alicyclic amines) is 1. The molecule has 2 aliphatic rings. The normalized spacial score (nSPS) is 22.1. The van der Waals surface area contributed by atoms with Gasteiger partial charge in [-0.25, -0.2) is 0 Å². The van der Waals surface area contributed by atoms with Crippen LogP contribution in [-0.2, 0) is 4.79 Å². The summed E-state index contributed by atoms with van der Waals surface area (Å²) in [6, 6.07) is 10.0. The largest absolute Gasteiger partial charge is 0.426 e. The molecule has 5 nitrogen and oxygen atoms in total.